The molecule has 35 heavy (non-hydrogen) atoms. The molecule has 0 radical (unpaired) electrons. The van der Waals surface area contributed by atoms with E-state index in [1.807, 2.05) is 7.05 Å². The number of likely N-dealkylation sites (tertiary alicyclic amines) is 1. The van der Waals surface area contributed by atoms with Crippen LogP contribution in [0.5, 0.6) is 5.75 Å². The molecule has 10 heteroatoms. The maximum Gasteiger partial charge on any atom is 0.323 e. The Morgan fingerprint density at radius 2 is 1.86 bits per heavy atom. The lowest BCUT2D eigenvalue weighted by molar-refractivity contribution is 0.214. The van der Waals surface area contributed by atoms with Gasteiger partial charge in [-0.1, -0.05) is 12.8 Å². The number of carbonyl (C=O) groups excluding carboxylic acids is 1. The number of halogens is 3. The van der Waals surface area contributed by atoms with Crippen LogP contribution in [0.2, 0.25) is 0 Å². The molecule has 0 spiro atoms. The van der Waals surface area contributed by atoms with E-state index >= 15 is 0 Å². The molecule has 0 saturated carbocycles. The number of nitrogens with zero attached hydrogens (tertiary/aromatic N) is 3. The predicted octanol–water partition coefficient (Wildman–Crippen LogP) is 6.03. The van der Waals surface area contributed by atoms with Gasteiger partial charge in [0.2, 0.25) is 0 Å². The molecular formula is C25H28BrF2N5O2. The fourth-order valence-electron chi connectivity index (χ4n) is 4.15. The van der Waals surface area contributed by atoms with Crippen molar-refractivity contribution in [1.82, 2.24) is 14.7 Å². The van der Waals surface area contributed by atoms with Gasteiger partial charge >= 0.3 is 6.03 Å². The number of nitrogens with one attached hydrogen (secondary N) is 2. The van der Waals surface area contributed by atoms with Crippen molar-refractivity contribution in [2.45, 2.75) is 25.7 Å². The van der Waals surface area contributed by atoms with Crippen molar-refractivity contribution in [3.8, 4) is 17.0 Å². The Morgan fingerprint density at radius 1 is 1.09 bits per heavy atom. The molecule has 4 rings (SSSR count). The first-order valence-electron chi connectivity index (χ1n) is 11.6. The summed E-state index contributed by atoms with van der Waals surface area (Å²) in [6.45, 7) is 3.57. The zero-order valence-corrected chi connectivity index (χ0v) is 21.1. The topological polar surface area (TPSA) is 71.4 Å². The van der Waals surface area contributed by atoms with E-state index in [1.54, 1.807) is 29.1 Å². The van der Waals surface area contributed by atoms with Gasteiger partial charge in [-0.25, -0.2) is 13.6 Å². The lowest BCUT2D eigenvalue weighted by Crippen LogP contribution is -2.29. The molecule has 0 bridgehead atoms. The van der Waals surface area contributed by atoms with Gasteiger partial charge in [-0.2, -0.15) is 5.10 Å². The van der Waals surface area contributed by atoms with Crippen LogP contribution in [0, 0.1) is 11.6 Å². The number of aryl methyl sites for hydroxylation is 1. The number of aromatic nitrogens is 2. The van der Waals surface area contributed by atoms with Crippen LogP contribution in [0.25, 0.3) is 11.3 Å². The van der Waals surface area contributed by atoms with Crippen molar-refractivity contribution in [2.24, 2.45) is 7.05 Å². The van der Waals surface area contributed by atoms with E-state index in [2.05, 4.69) is 36.6 Å². The normalized spacial score (nSPS) is 14.4. The van der Waals surface area contributed by atoms with Crippen LogP contribution in [0.3, 0.4) is 0 Å². The number of carbonyl (C=O) groups is 1. The highest BCUT2D eigenvalue weighted by atomic mass is 79.9. The van der Waals surface area contributed by atoms with Gasteiger partial charge in [0.15, 0.2) is 0 Å². The number of rotatable bonds is 7. The molecule has 0 aliphatic carbocycles. The van der Waals surface area contributed by atoms with Crippen LogP contribution in [-0.2, 0) is 7.05 Å². The van der Waals surface area contributed by atoms with E-state index in [4.69, 9.17) is 4.74 Å². The van der Waals surface area contributed by atoms with Gasteiger partial charge in [0.1, 0.15) is 24.0 Å². The van der Waals surface area contributed by atoms with Gasteiger partial charge < -0.3 is 15.4 Å². The summed E-state index contributed by atoms with van der Waals surface area (Å²) in [5.74, 6) is -0.904. The largest absolute Gasteiger partial charge is 0.492 e. The molecule has 2 N–H and O–H groups in total. The lowest BCUT2D eigenvalue weighted by Gasteiger charge is -2.21. The number of ether oxygens (including phenoxy) is 1. The Hall–Kier alpha value is -2.98. The first-order valence-corrected chi connectivity index (χ1v) is 12.4. The van der Waals surface area contributed by atoms with E-state index in [0.717, 1.165) is 41.4 Å². The molecule has 1 aliphatic rings. The van der Waals surface area contributed by atoms with Crippen molar-refractivity contribution in [1.29, 1.82) is 0 Å². The molecular weight excluding hydrogens is 520 g/mol. The van der Waals surface area contributed by atoms with Crippen LogP contribution in [0.1, 0.15) is 25.7 Å². The van der Waals surface area contributed by atoms with Gasteiger partial charge in [-0.3, -0.25) is 9.58 Å². The van der Waals surface area contributed by atoms with E-state index < -0.39 is 17.7 Å². The molecule has 2 aromatic carbocycles. The predicted molar refractivity (Wildman–Crippen MR) is 136 cm³/mol. The molecule has 0 unspecified atom stereocenters. The molecule has 186 valence electrons. The van der Waals surface area contributed by atoms with E-state index in [0.29, 0.717) is 24.1 Å². The highest BCUT2D eigenvalue weighted by Gasteiger charge is 2.17. The minimum Gasteiger partial charge on any atom is -0.492 e. The molecule has 1 aromatic heterocycles. The number of hydrogen-bond acceptors (Lipinski definition) is 4. The molecule has 1 aliphatic heterocycles. The first kappa shape index (κ1) is 25.1. The van der Waals surface area contributed by atoms with Gasteiger partial charge in [-0.05, 0) is 72.2 Å². The summed E-state index contributed by atoms with van der Waals surface area (Å²) in [5, 5.41) is 9.39. The Bertz CT molecular complexity index is 1160. The number of amides is 2. The fourth-order valence-corrected chi connectivity index (χ4v) is 4.71. The summed E-state index contributed by atoms with van der Waals surface area (Å²) in [4.78, 5) is 14.9. The second kappa shape index (κ2) is 11.6. The monoisotopic (exact) mass is 547 g/mol. The smallest absolute Gasteiger partial charge is 0.323 e. The third-order valence-corrected chi connectivity index (χ3v) is 6.51. The number of hydrogen-bond donors (Lipinski definition) is 2. The van der Waals surface area contributed by atoms with Gasteiger partial charge in [0.25, 0.3) is 0 Å². The standard InChI is InChI=1S/C25H28BrF2N5O2/c1-32-24(20(26)16-29-32)19-15-18(30-25(34)31-22-8-6-17(27)14-21(22)28)7-9-23(19)35-13-12-33-10-4-2-3-5-11-33/h6-9,14-16H,2-5,10-13H2,1H3,(H2,30,31,34). The Kier molecular flexibility index (Phi) is 8.35. The average Bonchev–Trinajstić information content (AvgIpc) is 3.00. The van der Waals surface area contributed by atoms with E-state index in [9.17, 15) is 13.6 Å². The highest BCUT2D eigenvalue weighted by Crippen LogP contribution is 2.36. The van der Waals surface area contributed by atoms with Crippen molar-refractivity contribution in [2.75, 3.05) is 36.9 Å². The molecule has 2 heterocycles. The summed E-state index contributed by atoms with van der Waals surface area (Å²) in [6.07, 6.45) is 6.70. The first-order chi connectivity index (χ1) is 16.9. The molecule has 0 atom stereocenters. The fraction of sp³-hybridized carbons (Fsp3) is 0.360. The summed E-state index contributed by atoms with van der Waals surface area (Å²) >= 11 is 3.54. The van der Waals surface area contributed by atoms with Crippen molar-refractivity contribution in [3.63, 3.8) is 0 Å². The number of anilines is 2. The number of benzene rings is 2. The third-order valence-electron chi connectivity index (χ3n) is 5.93. The van der Waals surface area contributed by atoms with Crippen LogP contribution in [0.15, 0.2) is 47.1 Å². The van der Waals surface area contributed by atoms with Crippen LogP contribution < -0.4 is 15.4 Å². The third kappa shape index (κ3) is 6.58. The second-order valence-electron chi connectivity index (χ2n) is 8.48. The minimum absolute atomic E-state index is 0.119. The summed E-state index contributed by atoms with van der Waals surface area (Å²) in [7, 11) is 1.82. The summed E-state index contributed by atoms with van der Waals surface area (Å²) in [5.41, 5.74) is 1.90. The molecule has 7 nitrogen and oxygen atoms in total. The van der Waals surface area contributed by atoms with E-state index in [-0.39, 0.29) is 5.69 Å². The average molecular weight is 548 g/mol. The molecule has 1 saturated heterocycles. The van der Waals surface area contributed by atoms with Crippen LogP contribution >= 0.6 is 15.9 Å². The second-order valence-corrected chi connectivity index (χ2v) is 9.34. The SMILES string of the molecule is Cn1ncc(Br)c1-c1cc(NC(=O)Nc2ccc(F)cc2F)ccc1OCCN1CCCCCC1. The van der Waals surface area contributed by atoms with Gasteiger partial charge in [0, 0.05) is 30.9 Å². The highest BCUT2D eigenvalue weighted by molar-refractivity contribution is 9.10. The van der Waals surface area contributed by atoms with E-state index in [1.165, 1.54) is 31.7 Å². The van der Waals surface area contributed by atoms with Crippen LogP contribution in [-0.4, -0.2) is 47.0 Å². The Labute approximate surface area is 211 Å². The molecule has 2 amide bonds. The molecule has 1 fully saturated rings. The zero-order valence-electron chi connectivity index (χ0n) is 19.5. The maximum atomic E-state index is 13.9. The summed E-state index contributed by atoms with van der Waals surface area (Å²) in [6, 6.07) is 7.61. The van der Waals surface area contributed by atoms with Crippen molar-refractivity contribution >= 4 is 33.3 Å². The molecule has 3 aromatic rings. The Morgan fingerprint density at radius 3 is 2.54 bits per heavy atom. The van der Waals surface area contributed by atoms with Crippen molar-refractivity contribution in [3.05, 3.63) is 58.7 Å². The number of urea groups is 1. The maximum absolute atomic E-state index is 13.9. The lowest BCUT2D eigenvalue weighted by atomic mass is 10.1. The Balaban J connectivity index is 1.50. The van der Waals surface area contributed by atoms with Crippen LogP contribution in [0.4, 0.5) is 25.0 Å². The van der Waals surface area contributed by atoms with Gasteiger partial charge in [0.05, 0.1) is 22.1 Å². The minimum atomic E-state index is -0.854. The zero-order chi connectivity index (χ0) is 24.8. The summed E-state index contributed by atoms with van der Waals surface area (Å²) < 4.78 is 35.7. The quantitative estimate of drug-likeness (QED) is 0.379. The van der Waals surface area contributed by atoms with Crippen molar-refractivity contribution < 1.29 is 18.3 Å². The van der Waals surface area contributed by atoms with Gasteiger partial charge in [-0.15, -0.1) is 0 Å².